The van der Waals surface area contributed by atoms with Crippen LogP contribution >= 0.6 is 35.6 Å². The van der Waals surface area contributed by atoms with E-state index in [1.807, 2.05) is 12.1 Å². The molecule has 0 heterocycles. The number of hydrogen-bond donors (Lipinski definition) is 0. The zero-order chi connectivity index (χ0) is 11.8. The summed E-state index contributed by atoms with van der Waals surface area (Å²) in [7, 11) is 0. The third-order valence-electron chi connectivity index (χ3n) is 2.43. The molecule has 0 N–H and O–H groups in total. The molecule has 0 aliphatic carbocycles. The lowest BCUT2D eigenvalue weighted by Crippen LogP contribution is -2.30. The van der Waals surface area contributed by atoms with E-state index in [4.69, 9.17) is 23.2 Å². The van der Waals surface area contributed by atoms with Gasteiger partial charge in [-0.2, -0.15) is 0 Å². The lowest BCUT2D eigenvalue weighted by atomic mass is 10.1. The SMILES string of the molecule is Cl.Fc1ccc(CCN(CCCl)CCCl)cc1. The molecule has 0 radical (unpaired) electrons. The summed E-state index contributed by atoms with van der Waals surface area (Å²) in [6.07, 6.45) is 0.897. The number of rotatable bonds is 7. The minimum Gasteiger partial charge on any atom is -0.301 e. The predicted molar refractivity (Wildman–Crippen MR) is 75.2 cm³/mol. The third kappa shape index (κ3) is 7.10. The van der Waals surface area contributed by atoms with Gasteiger partial charge in [0.1, 0.15) is 5.82 Å². The summed E-state index contributed by atoms with van der Waals surface area (Å²) in [5.74, 6) is 1.03. The monoisotopic (exact) mass is 299 g/mol. The van der Waals surface area contributed by atoms with Crippen molar-refractivity contribution in [2.24, 2.45) is 0 Å². The first-order chi connectivity index (χ1) is 7.76. The smallest absolute Gasteiger partial charge is 0.123 e. The predicted octanol–water partition coefficient (Wildman–Crippen LogP) is 3.57. The molecule has 17 heavy (non-hydrogen) atoms. The Kier molecular flexibility index (Phi) is 9.94. The van der Waals surface area contributed by atoms with Gasteiger partial charge >= 0.3 is 0 Å². The third-order valence-corrected chi connectivity index (χ3v) is 2.77. The van der Waals surface area contributed by atoms with Crippen LogP contribution in [-0.4, -0.2) is 36.3 Å². The summed E-state index contributed by atoms with van der Waals surface area (Å²) in [5, 5.41) is 0. The first-order valence-electron chi connectivity index (χ1n) is 5.35. The Morgan fingerprint density at radius 2 is 1.47 bits per heavy atom. The standard InChI is InChI=1S/C12H16Cl2FN.ClH/c13-6-9-16(10-7-14)8-5-11-1-3-12(15)4-2-11;/h1-4H,5-10H2;1H. The minimum absolute atomic E-state index is 0. The van der Waals surface area contributed by atoms with Crippen LogP contribution in [0.1, 0.15) is 5.56 Å². The van der Waals surface area contributed by atoms with E-state index < -0.39 is 0 Å². The molecule has 0 amide bonds. The molecule has 0 aliphatic heterocycles. The quantitative estimate of drug-likeness (QED) is 0.696. The molecule has 1 aromatic carbocycles. The van der Waals surface area contributed by atoms with Crippen LogP contribution in [0.25, 0.3) is 0 Å². The summed E-state index contributed by atoms with van der Waals surface area (Å²) in [5.41, 5.74) is 1.13. The zero-order valence-corrected chi connectivity index (χ0v) is 11.9. The minimum atomic E-state index is -0.192. The van der Waals surface area contributed by atoms with Crippen LogP contribution in [0.2, 0.25) is 0 Å². The largest absolute Gasteiger partial charge is 0.301 e. The molecule has 98 valence electrons. The van der Waals surface area contributed by atoms with Crippen molar-refractivity contribution in [3.05, 3.63) is 35.6 Å². The van der Waals surface area contributed by atoms with Crippen molar-refractivity contribution in [1.29, 1.82) is 0 Å². The van der Waals surface area contributed by atoms with Crippen molar-refractivity contribution in [3.63, 3.8) is 0 Å². The van der Waals surface area contributed by atoms with Crippen LogP contribution in [0.5, 0.6) is 0 Å². The fraction of sp³-hybridized carbons (Fsp3) is 0.500. The fourth-order valence-electron chi connectivity index (χ4n) is 1.51. The molecule has 0 saturated carbocycles. The van der Waals surface area contributed by atoms with Gasteiger partial charge in [0.05, 0.1) is 0 Å². The summed E-state index contributed by atoms with van der Waals surface area (Å²) >= 11 is 11.4. The number of alkyl halides is 2. The average Bonchev–Trinajstić information content (AvgIpc) is 2.29. The fourth-order valence-corrected chi connectivity index (χ4v) is 1.99. The second kappa shape index (κ2) is 9.95. The van der Waals surface area contributed by atoms with Gasteiger partial charge in [-0.25, -0.2) is 4.39 Å². The van der Waals surface area contributed by atoms with E-state index >= 15 is 0 Å². The molecular formula is C12H17Cl3FN. The first-order valence-corrected chi connectivity index (χ1v) is 6.42. The van der Waals surface area contributed by atoms with E-state index in [1.54, 1.807) is 0 Å². The van der Waals surface area contributed by atoms with Crippen LogP contribution in [-0.2, 0) is 6.42 Å². The summed E-state index contributed by atoms with van der Waals surface area (Å²) in [6.45, 7) is 2.59. The molecule has 0 spiro atoms. The normalized spacial score (nSPS) is 10.4. The van der Waals surface area contributed by atoms with Gasteiger partial charge < -0.3 is 4.90 Å². The first kappa shape index (κ1) is 17.0. The van der Waals surface area contributed by atoms with Crippen LogP contribution < -0.4 is 0 Å². The number of nitrogens with zero attached hydrogens (tertiary/aromatic N) is 1. The molecule has 0 aliphatic rings. The maximum atomic E-state index is 12.7. The molecule has 5 heteroatoms. The van der Waals surface area contributed by atoms with Gasteiger partial charge in [-0.3, -0.25) is 0 Å². The Balaban J connectivity index is 0.00000256. The molecule has 0 fully saturated rings. The zero-order valence-electron chi connectivity index (χ0n) is 9.54. The van der Waals surface area contributed by atoms with E-state index in [1.165, 1.54) is 12.1 Å². The Morgan fingerprint density at radius 3 is 1.94 bits per heavy atom. The maximum Gasteiger partial charge on any atom is 0.123 e. The van der Waals surface area contributed by atoms with Crippen molar-refractivity contribution in [1.82, 2.24) is 4.90 Å². The number of benzene rings is 1. The van der Waals surface area contributed by atoms with Gasteiger partial charge in [0, 0.05) is 31.4 Å². The molecule has 0 unspecified atom stereocenters. The van der Waals surface area contributed by atoms with E-state index in [0.29, 0.717) is 11.8 Å². The molecule has 1 aromatic rings. The van der Waals surface area contributed by atoms with E-state index in [2.05, 4.69) is 4.90 Å². The van der Waals surface area contributed by atoms with Crippen molar-refractivity contribution in [3.8, 4) is 0 Å². The molecular weight excluding hydrogens is 283 g/mol. The van der Waals surface area contributed by atoms with Gasteiger partial charge in [0.25, 0.3) is 0 Å². The lowest BCUT2D eigenvalue weighted by molar-refractivity contribution is 0.311. The van der Waals surface area contributed by atoms with Crippen molar-refractivity contribution >= 4 is 35.6 Å². The maximum absolute atomic E-state index is 12.7. The van der Waals surface area contributed by atoms with Crippen LogP contribution in [0.3, 0.4) is 0 Å². The number of hydrogen-bond acceptors (Lipinski definition) is 1. The highest BCUT2D eigenvalue weighted by atomic mass is 35.5. The van der Waals surface area contributed by atoms with Crippen LogP contribution in [0, 0.1) is 5.82 Å². The van der Waals surface area contributed by atoms with E-state index in [9.17, 15) is 4.39 Å². The van der Waals surface area contributed by atoms with Gasteiger partial charge in [0.15, 0.2) is 0 Å². The van der Waals surface area contributed by atoms with Crippen LogP contribution in [0.15, 0.2) is 24.3 Å². The highest BCUT2D eigenvalue weighted by Gasteiger charge is 2.03. The van der Waals surface area contributed by atoms with Crippen molar-refractivity contribution < 1.29 is 4.39 Å². The van der Waals surface area contributed by atoms with Crippen molar-refractivity contribution in [2.75, 3.05) is 31.4 Å². The Bertz CT molecular complexity index is 286. The summed E-state index contributed by atoms with van der Waals surface area (Å²) in [4.78, 5) is 2.21. The molecule has 1 nitrogen and oxygen atoms in total. The molecule has 0 aromatic heterocycles. The topological polar surface area (TPSA) is 3.24 Å². The highest BCUT2D eigenvalue weighted by molar-refractivity contribution is 6.18. The Labute approximate surface area is 118 Å². The lowest BCUT2D eigenvalue weighted by Gasteiger charge is -2.19. The van der Waals surface area contributed by atoms with E-state index in [-0.39, 0.29) is 18.2 Å². The molecule has 1 rings (SSSR count). The highest BCUT2D eigenvalue weighted by Crippen LogP contribution is 2.05. The Morgan fingerprint density at radius 1 is 0.941 bits per heavy atom. The van der Waals surface area contributed by atoms with Crippen molar-refractivity contribution in [2.45, 2.75) is 6.42 Å². The Hall–Kier alpha value is -0.0200. The van der Waals surface area contributed by atoms with Gasteiger partial charge in [-0.15, -0.1) is 35.6 Å². The summed E-state index contributed by atoms with van der Waals surface area (Å²) in [6, 6.07) is 6.61. The second-order valence-corrected chi connectivity index (χ2v) is 4.35. The summed E-state index contributed by atoms with van der Waals surface area (Å²) < 4.78 is 12.7. The molecule has 0 atom stereocenters. The average molecular weight is 301 g/mol. The van der Waals surface area contributed by atoms with Gasteiger partial charge in [0.2, 0.25) is 0 Å². The van der Waals surface area contributed by atoms with Crippen LogP contribution in [0.4, 0.5) is 4.39 Å². The molecule has 0 saturated heterocycles. The number of halogens is 4. The van der Waals surface area contributed by atoms with Gasteiger partial charge in [-0.05, 0) is 24.1 Å². The van der Waals surface area contributed by atoms with Gasteiger partial charge in [-0.1, -0.05) is 12.1 Å². The molecule has 0 bridgehead atoms. The van der Waals surface area contributed by atoms with E-state index in [0.717, 1.165) is 31.6 Å². The second-order valence-electron chi connectivity index (χ2n) is 3.60.